The van der Waals surface area contributed by atoms with Crippen LogP contribution in [0.3, 0.4) is 0 Å². The van der Waals surface area contributed by atoms with E-state index in [1.54, 1.807) is 34.9 Å². The van der Waals surface area contributed by atoms with Gasteiger partial charge in [-0.3, -0.25) is 14.2 Å². The fourth-order valence-electron chi connectivity index (χ4n) is 2.67. The Morgan fingerprint density at radius 1 is 1.48 bits per heavy atom. The zero-order chi connectivity index (χ0) is 19.6. The summed E-state index contributed by atoms with van der Waals surface area (Å²) in [7, 11) is 1.73. The molecular weight excluding hydrogens is 382 g/mol. The standard InChI is InChI=1S/C19H21N3O3S2/c1-5-8-22-18(24)16-12(2)13(3)27-17(16)20-19(22)26-11-15(23)21(4)10-14-7-6-9-25-14/h5-7,9H,1,8,10-11H2,2-4H3. The number of allylic oxidation sites excluding steroid dienone is 1. The minimum Gasteiger partial charge on any atom is -0.467 e. The van der Waals surface area contributed by atoms with Crippen LogP contribution in [0.4, 0.5) is 0 Å². The van der Waals surface area contributed by atoms with Gasteiger partial charge < -0.3 is 9.32 Å². The number of furan rings is 1. The summed E-state index contributed by atoms with van der Waals surface area (Å²) in [5.74, 6) is 0.855. The number of thiophene rings is 1. The molecule has 0 unspecified atom stereocenters. The molecule has 0 spiro atoms. The zero-order valence-corrected chi connectivity index (χ0v) is 17.2. The largest absolute Gasteiger partial charge is 0.467 e. The van der Waals surface area contributed by atoms with Crippen molar-refractivity contribution in [1.82, 2.24) is 14.5 Å². The highest BCUT2D eigenvalue weighted by molar-refractivity contribution is 7.99. The molecule has 8 heteroatoms. The highest BCUT2D eigenvalue weighted by Crippen LogP contribution is 2.28. The number of fused-ring (bicyclic) bond motifs is 1. The third-order valence-electron chi connectivity index (χ3n) is 4.29. The van der Waals surface area contributed by atoms with Crippen molar-refractivity contribution in [2.75, 3.05) is 12.8 Å². The van der Waals surface area contributed by atoms with Crippen molar-refractivity contribution in [2.45, 2.75) is 32.1 Å². The molecule has 0 atom stereocenters. The molecule has 0 saturated carbocycles. The summed E-state index contributed by atoms with van der Waals surface area (Å²) in [5.41, 5.74) is 0.886. The van der Waals surface area contributed by atoms with Crippen LogP contribution in [0.15, 0.2) is 45.4 Å². The van der Waals surface area contributed by atoms with E-state index in [4.69, 9.17) is 4.42 Å². The number of rotatable bonds is 7. The highest BCUT2D eigenvalue weighted by atomic mass is 32.2. The first kappa shape index (κ1) is 19.4. The van der Waals surface area contributed by atoms with Crippen LogP contribution in [0.5, 0.6) is 0 Å². The summed E-state index contributed by atoms with van der Waals surface area (Å²) < 4.78 is 6.86. The maximum Gasteiger partial charge on any atom is 0.263 e. The molecule has 0 saturated heterocycles. The van der Waals surface area contributed by atoms with Crippen molar-refractivity contribution in [2.24, 2.45) is 0 Å². The number of carbonyl (C=O) groups excluding carboxylic acids is 1. The van der Waals surface area contributed by atoms with E-state index in [2.05, 4.69) is 11.6 Å². The summed E-state index contributed by atoms with van der Waals surface area (Å²) in [5, 5.41) is 1.19. The predicted octanol–water partition coefficient (Wildman–Crippen LogP) is 3.60. The van der Waals surface area contributed by atoms with Crippen molar-refractivity contribution in [3.8, 4) is 0 Å². The topological polar surface area (TPSA) is 68.3 Å². The monoisotopic (exact) mass is 403 g/mol. The first-order valence-electron chi connectivity index (χ1n) is 8.43. The highest BCUT2D eigenvalue weighted by Gasteiger charge is 2.18. The molecule has 142 valence electrons. The third-order valence-corrected chi connectivity index (χ3v) is 6.35. The maximum absolute atomic E-state index is 12.9. The first-order valence-corrected chi connectivity index (χ1v) is 10.2. The number of amides is 1. The Hall–Kier alpha value is -2.32. The van der Waals surface area contributed by atoms with Gasteiger partial charge in [-0.2, -0.15) is 0 Å². The van der Waals surface area contributed by atoms with Crippen molar-refractivity contribution < 1.29 is 9.21 Å². The average molecular weight is 404 g/mol. The van der Waals surface area contributed by atoms with Gasteiger partial charge in [0.05, 0.1) is 23.9 Å². The second kappa shape index (κ2) is 8.14. The minimum atomic E-state index is -0.0827. The molecule has 0 aliphatic heterocycles. The van der Waals surface area contributed by atoms with E-state index in [-0.39, 0.29) is 17.2 Å². The summed E-state index contributed by atoms with van der Waals surface area (Å²) in [6, 6.07) is 3.62. The third kappa shape index (κ3) is 4.01. The summed E-state index contributed by atoms with van der Waals surface area (Å²) in [4.78, 5) is 33.4. The molecule has 3 aromatic rings. The molecule has 0 aliphatic carbocycles. The van der Waals surface area contributed by atoms with Gasteiger partial charge in [0.1, 0.15) is 10.6 Å². The van der Waals surface area contributed by atoms with Gasteiger partial charge in [-0.15, -0.1) is 17.9 Å². The quantitative estimate of drug-likeness (QED) is 0.342. The normalized spacial score (nSPS) is 11.1. The molecule has 0 fully saturated rings. The maximum atomic E-state index is 12.9. The molecule has 3 rings (SSSR count). The number of aryl methyl sites for hydroxylation is 2. The lowest BCUT2D eigenvalue weighted by molar-refractivity contribution is -0.127. The van der Waals surface area contributed by atoms with Crippen LogP contribution in [0, 0.1) is 13.8 Å². The number of hydrogen-bond acceptors (Lipinski definition) is 6. The molecule has 0 bridgehead atoms. The molecule has 6 nitrogen and oxygen atoms in total. The average Bonchev–Trinajstić information content (AvgIpc) is 3.24. The molecule has 0 aliphatic rings. The molecule has 27 heavy (non-hydrogen) atoms. The zero-order valence-electron chi connectivity index (χ0n) is 15.5. The fraction of sp³-hybridized carbons (Fsp3) is 0.316. The number of hydrogen-bond donors (Lipinski definition) is 0. The van der Waals surface area contributed by atoms with Crippen LogP contribution < -0.4 is 5.56 Å². The van der Waals surface area contributed by atoms with Crippen LogP contribution in [0.25, 0.3) is 10.2 Å². The van der Waals surface area contributed by atoms with Crippen molar-refractivity contribution >= 4 is 39.2 Å². The second-order valence-electron chi connectivity index (χ2n) is 6.18. The number of aromatic nitrogens is 2. The molecule has 0 radical (unpaired) electrons. The summed E-state index contributed by atoms with van der Waals surface area (Å²) in [6.07, 6.45) is 3.25. The van der Waals surface area contributed by atoms with Crippen molar-refractivity contribution in [3.63, 3.8) is 0 Å². The van der Waals surface area contributed by atoms with Crippen LogP contribution >= 0.6 is 23.1 Å². The van der Waals surface area contributed by atoms with Gasteiger partial charge in [-0.1, -0.05) is 17.8 Å². The predicted molar refractivity (Wildman–Crippen MR) is 109 cm³/mol. The van der Waals surface area contributed by atoms with Gasteiger partial charge in [-0.25, -0.2) is 4.98 Å². The SMILES string of the molecule is C=CCn1c(SCC(=O)N(C)Cc2ccco2)nc2sc(C)c(C)c2c1=O. The van der Waals surface area contributed by atoms with Crippen LogP contribution in [-0.4, -0.2) is 33.2 Å². The lowest BCUT2D eigenvalue weighted by atomic mass is 10.2. The van der Waals surface area contributed by atoms with E-state index in [9.17, 15) is 9.59 Å². The second-order valence-corrected chi connectivity index (χ2v) is 8.33. The van der Waals surface area contributed by atoms with E-state index in [1.165, 1.54) is 23.1 Å². The van der Waals surface area contributed by atoms with E-state index in [0.717, 1.165) is 16.2 Å². The van der Waals surface area contributed by atoms with E-state index >= 15 is 0 Å². The van der Waals surface area contributed by atoms with Gasteiger partial charge in [0.15, 0.2) is 5.16 Å². The van der Waals surface area contributed by atoms with Gasteiger partial charge >= 0.3 is 0 Å². The number of nitrogens with zero attached hydrogens (tertiary/aromatic N) is 3. The minimum absolute atomic E-state index is 0.0607. The van der Waals surface area contributed by atoms with E-state index < -0.39 is 0 Å². The summed E-state index contributed by atoms with van der Waals surface area (Å²) >= 11 is 2.77. The number of carbonyl (C=O) groups is 1. The van der Waals surface area contributed by atoms with Crippen LogP contribution in [0.1, 0.15) is 16.2 Å². The Bertz CT molecular complexity index is 1030. The first-order chi connectivity index (χ1) is 12.9. The Balaban J connectivity index is 1.83. The van der Waals surface area contributed by atoms with Gasteiger partial charge in [0.25, 0.3) is 5.56 Å². The van der Waals surface area contributed by atoms with Crippen molar-refractivity contribution in [1.29, 1.82) is 0 Å². The molecule has 0 N–H and O–H groups in total. The Labute approximate surface area is 165 Å². The molecule has 3 aromatic heterocycles. The molecular formula is C19H21N3O3S2. The van der Waals surface area contributed by atoms with Crippen LogP contribution in [-0.2, 0) is 17.9 Å². The molecule has 3 heterocycles. The Morgan fingerprint density at radius 2 is 2.26 bits per heavy atom. The summed E-state index contributed by atoms with van der Waals surface area (Å²) in [6.45, 7) is 8.42. The van der Waals surface area contributed by atoms with Gasteiger partial charge in [0, 0.05) is 18.5 Å². The smallest absolute Gasteiger partial charge is 0.263 e. The van der Waals surface area contributed by atoms with E-state index in [0.29, 0.717) is 28.5 Å². The van der Waals surface area contributed by atoms with E-state index in [1.807, 2.05) is 19.9 Å². The molecule has 0 aromatic carbocycles. The van der Waals surface area contributed by atoms with Gasteiger partial charge in [0.2, 0.25) is 5.91 Å². The Morgan fingerprint density at radius 3 is 2.93 bits per heavy atom. The lowest BCUT2D eigenvalue weighted by Crippen LogP contribution is -2.28. The van der Waals surface area contributed by atoms with Crippen molar-refractivity contribution in [3.05, 3.63) is 57.6 Å². The lowest BCUT2D eigenvalue weighted by Gasteiger charge is -2.16. The molecule has 1 amide bonds. The number of thioether (sulfide) groups is 1. The van der Waals surface area contributed by atoms with Gasteiger partial charge in [-0.05, 0) is 31.5 Å². The van der Waals surface area contributed by atoms with Crippen LogP contribution in [0.2, 0.25) is 0 Å². The Kier molecular flexibility index (Phi) is 5.86. The fourth-order valence-corrected chi connectivity index (χ4v) is 4.69.